The summed E-state index contributed by atoms with van der Waals surface area (Å²) in [6.07, 6.45) is 1.19. The summed E-state index contributed by atoms with van der Waals surface area (Å²) >= 11 is 0. The van der Waals surface area contributed by atoms with Gasteiger partial charge in [-0.2, -0.15) is 0 Å². The van der Waals surface area contributed by atoms with Crippen LogP contribution in [0, 0.1) is 0 Å². The number of ether oxygens (including phenoxy) is 1. The third kappa shape index (κ3) is 5.30. The molecular formula is C15H22N2O3. The van der Waals surface area contributed by atoms with Crippen LogP contribution in [0.1, 0.15) is 32.3 Å². The highest BCUT2D eigenvalue weighted by molar-refractivity contribution is 5.84. The molecule has 1 aromatic carbocycles. The van der Waals surface area contributed by atoms with Crippen molar-refractivity contribution in [1.82, 2.24) is 5.32 Å². The van der Waals surface area contributed by atoms with E-state index < -0.39 is 12.1 Å². The van der Waals surface area contributed by atoms with Gasteiger partial charge in [-0.05, 0) is 25.0 Å². The van der Waals surface area contributed by atoms with Crippen LogP contribution in [-0.4, -0.2) is 24.5 Å². The molecule has 1 aromatic rings. The van der Waals surface area contributed by atoms with E-state index in [2.05, 4.69) is 5.32 Å². The van der Waals surface area contributed by atoms with Gasteiger partial charge in [0.25, 0.3) is 5.91 Å². The lowest BCUT2D eigenvalue weighted by Gasteiger charge is -2.13. The van der Waals surface area contributed by atoms with Crippen molar-refractivity contribution in [2.24, 2.45) is 0 Å². The van der Waals surface area contributed by atoms with Crippen molar-refractivity contribution in [2.75, 3.05) is 12.3 Å². The maximum atomic E-state index is 11.8. The standard InChI is InChI=1S/C15H22N2O3/c1-3-4-9-17-15(19)11(2)20-14(18)10-12-7-5-6-8-13(12)16/h5-8,11H,3-4,9-10,16H2,1-2H3,(H,17,19). The third-order valence-electron chi connectivity index (χ3n) is 2.90. The van der Waals surface area contributed by atoms with E-state index in [1.54, 1.807) is 31.2 Å². The van der Waals surface area contributed by atoms with Gasteiger partial charge in [0.05, 0.1) is 6.42 Å². The highest BCUT2D eigenvalue weighted by Gasteiger charge is 2.17. The molecule has 110 valence electrons. The van der Waals surface area contributed by atoms with Crippen LogP contribution in [0.2, 0.25) is 0 Å². The summed E-state index contributed by atoms with van der Waals surface area (Å²) in [4.78, 5) is 23.4. The molecular weight excluding hydrogens is 256 g/mol. The molecule has 0 saturated heterocycles. The SMILES string of the molecule is CCCCNC(=O)C(C)OC(=O)Cc1ccccc1N. The van der Waals surface area contributed by atoms with E-state index in [4.69, 9.17) is 10.5 Å². The summed E-state index contributed by atoms with van der Waals surface area (Å²) in [6, 6.07) is 7.10. The molecule has 0 spiro atoms. The first-order chi connectivity index (χ1) is 9.54. The van der Waals surface area contributed by atoms with Crippen LogP contribution in [0.3, 0.4) is 0 Å². The predicted octanol–water partition coefficient (Wildman–Crippen LogP) is 1.66. The van der Waals surface area contributed by atoms with Crippen molar-refractivity contribution in [3.05, 3.63) is 29.8 Å². The lowest BCUT2D eigenvalue weighted by Crippen LogP contribution is -2.36. The fourth-order valence-corrected chi connectivity index (χ4v) is 1.68. The molecule has 0 aliphatic heterocycles. The quantitative estimate of drug-likeness (QED) is 0.451. The van der Waals surface area contributed by atoms with E-state index in [-0.39, 0.29) is 12.3 Å². The van der Waals surface area contributed by atoms with E-state index in [1.807, 2.05) is 6.92 Å². The number of nitrogen functional groups attached to an aromatic ring is 1. The Kier molecular flexibility index (Phi) is 6.56. The minimum Gasteiger partial charge on any atom is -0.452 e. The number of amides is 1. The summed E-state index contributed by atoms with van der Waals surface area (Å²) in [5.74, 6) is -0.728. The number of esters is 1. The Bertz CT molecular complexity index is 460. The number of nitrogens with one attached hydrogen (secondary N) is 1. The second-order valence-corrected chi connectivity index (χ2v) is 4.65. The number of hydrogen-bond acceptors (Lipinski definition) is 4. The first-order valence-electron chi connectivity index (χ1n) is 6.85. The van der Waals surface area contributed by atoms with Crippen molar-refractivity contribution < 1.29 is 14.3 Å². The summed E-state index contributed by atoms with van der Waals surface area (Å²) in [5, 5.41) is 2.72. The molecule has 5 nitrogen and oxygen atoms in total. The average molecular weight is 278 g/mol. The van der Waals surface area contributed by atoms with Crippen LogP contribution < -0.4 is 11.1 Å². The van der Waals surface area contributed by atoms with Crippen LogP contribution in [0.15, 0.2) is 24.3 Å². The van der Waals surface area contributed by atoms with Crippen molar-refractivity contribution in [2.45, 2.75) is 39.2 Å². The number of rotatable bonds is 7. The smallest absolute Gasteiger partial charge is 0.311 e. The zero-order chi connectivity index (χ0) is 15.0. The summed E-state index contributed by atoms with van der Waals surface area (Å²) in [6.45, 7) is 4.20. The maximum Gasteiger partial charge on any atom is 0.311 e. The molecule has 5 heteroatoms. The molecule has 0 fully saturated rings. The molecule has 1 amide bonds. The number of nitrogens with two attached hydrogens (primary N) is 1. The predicted molar refractivity (Wildman–Crippen MR) is 78.0 cm³/mol. The molecule has 1 rings (SSSR count). The molecule has 0 radical (unpaired) electrons. The van der Waals surface area contributed by atoms with Gasteiger partial charge in [0.1, 0.15) is 0 Å². The summed E-state index contributed by atoms with van der Waals surface area (Å²) in [5.41, 5.74) is 7.00. The number of carbonyl (C=O) groups excluding carboxylic acids is 2. The van der Waals surface area contributed by atoms with Gasteiger partial charge in [0.2, 0.25) is 0 Å². The Labute approximate surface area is 119 Å². The van der Waals surface area contributed by atoms with Gasteiger partial charge < -0.3 is 15.8 Å². The van der Waals surface area contributed by atoms with Crippen LogP contribution in [0.25, 0.3) is 0 Å². The van der Waals surface area contributed by atoms with Gasteiger partial charge >= 0.3 is 5.97 Å². The molecule has 0 saturated carbocycles. The van der Waals surface area contributed by atoms with E-state index in [1.165, 1.54) is 0 Å². The van der Waals surface area contributed by atoms with Crippen molar-refractivity contribution in [3.63, 3.8) is 0 Å². The maximum absolute atomic E-state index is 11.8. The van der Waals surface area contributed by atoms with Gasteiger partial charge in [0, 0.05) is 12.2 Å². The molecule has 20 heavy (non-hydrogen) atoms. The lowest BCUT2D eigenvalue weighted by molar-refractivity contribution is -0.154. The number of carbonyl (C=O) groups is 2. The van der Waals surface area contributed by atoms with Gasteiger partial charge in [0.15, 0.2) is 6.10 Å². The first-order valence-corrected chi connectivity index (χ1v) is 6.85. The highest BCUT2D eigenvalue weighted by Crippen LogP contribution is 2.12. The lowest BCUT2D eigenvalue weighted by atomic mass is 10.1. The summed E-state index contributed by atoms with van der Waals surface area (Å²) < 4.78 is 5.10. The molecule has 0 aliphatic carbocycles. The number of unbranched alkanes of at least 4 members (excludes halogenated alkanes) is 1. The molecule has 0 heterocycles. The molecule has 3 N–H and O–H groups in total. The first kappa shape index (κ1) is 16.0. The van der Waals surface area contributed by atoms with Crippen LogP contribution in [0.5, 0.6) is 0 Å². The Morgan fingerprint density at radius 3 is 2.70 bits per heavy atom. The van der Waals surface area contributed by atoms with Gasteiger partial charge in [-0.15, -0.1) is 0 Å². The highest BCUT2D eigenvalue weighted by atomic mass is 16.5. The Morgan fingerprint density at radius 2 is 2.05 bits per heavy atom. The second kappa shape index (κ2) is 8.19. The van der Waals surface area contributed by atoms with Crippen molar-refractivity contribution in [1.29, 1.82) is 0 Å². The molecule has 1 atom stereocenters. The number of hydrogen-bond donors (Lipinski definition) is 2. The molecule has 1 unspecified atom stereocenters. The molecule has 0 aromatic heterocycles. The fourth-order valence-electron chi connectivity index (χ4n) is 1.68. The number of benzene rings is 1. The zero-order valence-electron chi connectivity index (χ0n) is 12.0. The average Bonchev–Trinajstić information content (AvgIpc) is 2.41. The minimum atomic E-state index is -0.788. The number of para-hydroxylation sites is 1. The second-order valence-electron chi connectivity index (χ2n) is 4.65. The molecule has 0 aliphatic rings. The van der Waals surface area contributed by atoms with Crippen LogP contribution in [-0.2, 0) is 20.7 Å². The Hall–Kier alpha value is -2.04. The Balaban J connectivity index is 2.42. The van der Waals surface area contributed by atoms with E-state index in [0.717, 1.165) is 12.8 Å². The normalized spacial score (nSPS) is 11.7. The van der Waals surface area contributed by atoms with Crippen LogP contribution in [0.4, 0.5) is 5.69 Å². The van der Waals surface area contributed by atoms with Gasteiger partial charge in [-0.3, -0.25) is 9.59 Å². The van der Waals surface area contributed by atoms with E-state index >= 15 is 0 Å². The number of anilines is 1. The van der Waals surface area contributed by atoms with Crippen molar-refractivity contribution >= 4 is 17.6 Å². The topological polar surface area (TPSA) is 81.4 Å². The third-order valence-corrected chi connectivity index (χ3v) is 2.90. The zero-order valence-corrected chi connectivity index (χ0v) is 12.0. The largest absolute Gasteiger partial charge is 0.452 e. The van der Waals surface area contributed by atoms with Gasteiger partial charge in [-0.25, -0.2) is 0 Å². The van der Waals surface area contributed by atoms with Crippen LogP contribution >= 0.6 is 0 Å². The monoisotopic (exact) mass is 278 g/mol. The van der Waals surface area contributed by atoms with Gasteiger partial charge in [-0.1, -0.05) is 31.5 Å². The van der Waals surface area contributed by atoms with Crippen molar-refractivity contribution in [3.8, 4) is 0 Å². The Morgan fingerprint density at radius 1 is 1.35 bits per heavy atom. The van der Waals surface area contributed by atoms with E-state index in [9.17, 15) is 9.59 Å². The van der Waals surface area contributed by atoms with E-state index in [0.29, 0.717) is 17.8 Å². The summed E-state index contributed by atoms with van der Waals surface area (Å²) in [7, 11) is 0. The molecule has 0 bridgehead atoms. The minimum absolute atomic E-state index is 0.0687. The fraction of sp³-hybridized carbons (Fsp3) is 0.467.